The van der Waals surface area contributed by atoms with Crippen LogP contribution >= 0.6 is 0 Å². The molecule has 0 radical (unpaired) electrons. The van der Waals surface area contributed by atoms with Crippen LogP contribution in [0.2, 0.25) is 0 Å². The summed E-state index contributed by atoms with van der Waals surface area (Å²) in [7, 11) is 0. The largest absolute Gasteiger partial charge is 0.502 e. The Morgan fingerprint density at radius 1 is 1.24 bits per heavy atom. The lowest BCUT2D eigenvalue weighted by molar-refractivity contribution is -0.385. The van der Waals surface area contributed by atoms with Gasteiger partial charge in [-0.1, -0.05) is 6.07 Å². The van der Waals surface area contributed by atoms with E-state index in [0.717, 1.165) is 12.1 Å². The van der Waals surface area contributed by atoms with Crippen LogP contribution in [0.4, 0.5) is 5.69 Å². The second-order valence-corrected chi connectivity index (χ2v) is 5.07. The van der Waals surface area contributed by atoms with Crippen molar-refractivity contribution < 1.29 is 24.3 Å². The molecule has 3 rings (SSSR count). The van der Waals surface area contributed by atoms with Gasteiger partial charge < -0.3 is 14.6 Å². The Labute approximate surface area is 141 Å². The number of carbonyl (C=O) groups excluding carboxylic acids is 1. The third-order valence-corrected chi connectivity index (χ3v) is 3.51. The van der Waals surface area contributed by atoms with E-state index in [4.69, 9.17) is 9.47 Å². The molecule has 25 heavy (non-hydrogen) atoms. The van der Waals surface area contributed by atoms with Gasteiger partial charge in [0.25, 0.3) is 0 Å². The van der Waals surface area contributed by atoms with E-state index >= 15 is 0 Å². The van der Waals surface area contributed by atoms with Crippen molar-refractivity contribution in [1.29, 1.82) is 5.26 Å². The lowest BCUT2D eigenvalue weighted by Gasteiger charge is -2.02. The van der Waals surface area contributed by atoms with Gasteiger partial charge in [-0.3, -0.25) is 14.9 Å². The Kier molecular flexibility index (Phi) is 4.05. The van der Waals surface area contributed by atoms with Crippen molar-refractivity contribution in [2.45, 2.75) is 0 Å². The first-order valence-corrected chi connectivity index (χ1v) is 7.03. The minimum Gasteiger partial charge on any atom is -0.502 e. The number of rotatable bonds is 4. The Morgan fingerprint density at radius 3 is 2.72 bits per heavy atom. The highest BCUT2D eigenvalue weighted by molar-refractivity contribution is 6.14. The van der Waals surface area contributed by atoms with Crippen LogP contribution < -0.4 is 9.47 Å². The number of carbonyl (C=O) groups is 1. The number of phenolic OH excluding ortho intramolecular Hbond substituents is 1. The predicted molar refractivity (Wildman–Crippen MR) is 85.2 cm³/mol. The van der Waals surface area contributed by atoms with Crippen LogP contribution in [0.5, 0.6) is 17.2 Å². The number of ketones is 1. The highest BCUT2D eigenvalue weighted by Crippen LogP contribution is 2.33. The standard InChI is InChI=1S/C17H10N2O6/c18-8-12(5-10-1-3-14(20)13(6-10)19(22)23)17(21)11-2-4-15-16(7-11)25-9-24-15/h1-7,20H,9H2. The van der Waals surface area contributed by atoms with E-state index in [2.05, 4.69) is 0 Å². The van der Waals surface area contributed by atoms with Crippen molar-refractivity contribution in [3.8, 4) is 23.3 Å². The van der Waals surface area contributed by atoms with Crippen molar-refractivity contribution in [1.82, 2.24) is 0 Å². The molecule has 0 unspecified atom stereocenters. The van der Waals surface area contributed by atoms with Crippen LogP contribution in [0.3, 0.4) is 0 Å². The average Bonchev–Trinajstić information content (AvgIpc) is 3.07. The number of fused-ring (bicyclic) bond motifs is 1. The molecule has 1 aliphatic rings. The van der Waals surface area contributed by atoms with Gasteiger partial charge in [0.1, 0.15) is 11.6 Å². The summed E-state index contributed by atoms with van der Waals surface area (Å²) >= 11 is 0. The number of hydrogen-bond acceptors (Lipinski definition) is 7. The molecule has 0 atom stereocenters. The second kappa shape index (κ2) is 6.33. The Hall–Kier alpha value is -3.86. The van der Waals surface area contributed by atoms with Gasteiger partial charge in [0, 0.05) is 11.6 Å². The van der Waals surface area contributed by atoms with E-state index in [1.807, 2.05) is 0 Å². The van der Waals surface area contributed by atoms with Gasteiger partial charge in [0.2, 0.25) is 12.6 Å². The molecule has 0 saturated heterocycles. The minimum atomic E-state index is -0.752. The van der Waals surface area contributed by atoms with Crippen LogP contribution in [-0.2, 0) is 0 Å². The molecule has 8 nitrogen and oxygen atoms in total. The summed E-state index contributed by atoms with van der Waals surface area (Å²) in [6.45, 7) is 0.0606. The monoisotopic (exact) mass is 338 g/mol. The number of nitro benzene ring substituents is 1. The van der Waals surface area contributed by atoms with Gasteiger partial charge in [0.05, 0.1) is 4.92 Å². The summed E-state index contributed by atoms with van der Waals surface area (Å²) in [5, 5.41) is 29.6. The molecule has 0 aliphatic carbocycles. The highest BCUT2D eigenvalue weighted by Gasteiger charge is 2.19. The van der Waals surface area contributed by atoms with Crippen LogP contribution in [0, 0.1) is 21.4 Å². The average molecular weight is 338 g/mol. The third kappa shape index (κ3) is 3.11. The fourth-order valence-corrected chi connectivity index (χ4v) is 2.29. The Morgan fingerprint density at radius 2 is 2.00 bits per heavy atom. The van der Waals surface area contributed by atoms with Crippen LogP contribution in [-0.4, -0.2) is 22.6 Å². The lowest BCUT2D eigenvalue weighted by atomic mass is 10.0. The number of nitro groups is 1. The van der Waals surface area contributed by atoms with E-state index in [9.17, 15) is 25.3 Å². The predicted octanol–water partition coefficient (Wildman–Crippen LogP) is 2.82. The number of Topliss-reactive ketones (excluding diaryl/α,β-unsaturated/α-hetero) is 1. The molecule has 1 N–H and O–H groups in total. The zero-order chi connectivity index (χ0) is 18.0. The molecule has 124 valence electrons. The maximum atomic E-state index is 12.5. The fraction of sp³-hybridized carbons (Fsp3) is 0.0588. The topological polar surface area (TPSA) is 123 Å². The van der Waals surface area contributed by atoms with Gasteiger partial charge in [-0.15, -0.1) is 0 Å². The first-order valence-electron chi connectivity index (χ1n) is 7.03. The number of nitriles is 1. The molecule has 0 aromatic heterocycles. The molecule has 1 aliphatic heterocycles. The number of phenols is 1. The van der Waals surface area contributed by atoms with Gasteiger partial charge in [-0.2, -0.15) is 5.26 Å². The van der Waals surface area contributed by atoms with Crippen molar-refractivity contribution >= 4 is 17.5 Å². The van der Waals surface area contributed by atoms with E-state index in [1.165, 1.54) is 24.3 Å². The zero-order valence-corrected chi connectivity index (χ0v) is 12.6. The fourth-order valence-electron chi connectivity index (χ4n) is 2.29. The first-order chi connectivity index (χ1) is 12.0. The molecule has 2 aromatic carbocycles. The maximum Gasteiger partial charge on any atom is 0.311 e. The van der Waals surface area contributed by atoms with Gasteiger partial charge in [-0.25, -0.2) is 0 Å². The molecular weight excluding hydrogens is 328 g/mol. The SMILES string of the molecule is N#CC(=Cc1ccc(O)c([N+](=O)[O-])c1)C(=O)c1ccc2c(c1)OCO2. The summed E-state index contributed by atoms with van der Waals surface area (Å²) in [4.78, 5) is 22.6. The normalized spacial score (nSPS) is 12.5. The summed E-state index contributed by atoms with van der Waals surface area (Å²) < 4.78 is 10.4. The minimum absolute atomic E-state index is 0.0606. The third-order valence-electron chi connectivity index (χ3n) is 3.51. The van der Waals surface area contributed by atoms with Crippen LogP contribution in [0.15, 0.2) is 42.0 Å². The van der Waals surface area contributed by atoms with E-state index in [0.29, 0.717) is 11.5 Å². The first kappa shape index (κ1) is 16.0. The van der Waals surface area contributed by atoms with Crippen molar-refractivity contribution in [2.75, 3.05) is 6.79 Å². The summed E-state index contributed by atoms with van der Waals surface area (Å²) in [6.07, 6.45) is 1.22. The maximum absolute atomic E-state index is 12.5. The number of ether oxygens (including phenoxy) is 2. The van der Waals surface area contributed by atoms with Gasteiger partial charge >= 0.3 is 5.69 Å². The smallest absolute Gasteiger partial charge is 0.311 e. The van der Waals surface area contributed by atoms with Crippen molar-refractivity contribution in [3.05, 3.63) is 63.2 Å². The lowest BCUT2D eigenvalue weighted by Crippen LogP contribution is -2.02. The van der Waals surface area contributed by atoms with Crippen LogP contribution in [0.25, 0.3) is 6.08 Å². The summed E-state index contributed by atoms with van der Waals surface area (Å²) in [6, 6.07) is 9.90. The molecule has 1 heterocycles. The summed E-state index contributed by atoms with van der Waals surface area (Å²) in [5.74, 6) is -0.143. The number of hydrogen-bond donors (Lipinski definition) is 1. The molecule has 0 spiro atoms. The van der Waals surface area contributed by atoms with E-state index in [-0.39, 0.29) is 23.5 Å². The highest BCUT2D eigenvalue weighted by atomic mass is 16.7. The second-order valence-electron chi connectivity index (χ2n) is 5.07. The number of benzene rings is 2. The Bertz CT molecular complexity index is 958. The van der Waals surface area contributed by atoms with Crippen molar-refractivity contribution in [2.24, 2.45) is 0 Å². The van der Waals surface area contributed by atoms with Crippen LogP contribution in [0.1, 0.15) is 15.9 Å². The number of aromatic hydroxyl groups is 1. The summed E-state index contributed by atoms with van der Waals surface area (Å²) in [5.41, 5.74) is -0.249. The number of allylic oxidation sites excluding steroid dienone is 1. The molecule has 0 fully saturated rings. The van der Waals surface area contributed by atoms with E-state index in [1.54, 1.807) is 12.1 Å². The molecule has 8 heteroatoms. The Balaban J connectivity index is 1.96. The van der Waals surface area contributed by atoms with Crippen molar-refractivity contribution in [3.63, 3.8) is 0 Å². The van der Waals surface area contributed by atoms with E-state index < -0.39 is 22.1 Å². The van der Waals surface area contributed by atoms with Gasteiger partial charge in [0.15, 0.2) is 17.2 Å². The van der Waals surface area contributed by atoms with Gasteiger partial charge in [-0.05, 0) is 35.9 Å². The molecular formula is C17H10N2O6. The zero-order valence-electron chi connectivity index (χ0n) is 12.6. The molecule has 0 bridgehead atoms. The molecule has 2 aromatic rings. The quantitative estimate of drug-likeness (QED) is 0.299. The molecule has 0 saturated carbocycles. The molecule has 0 amide bonds. The number of nitrogens with zero attached hydrogens (tertiary/aromatic N) is 2.